The number of fused-ring (bicyclic) bond motifs is 1. The second kappa shape index (κ2) is 6.73. The van der Waals surface area contributed by atoms with Crippen molar-refractivity contribution in [2.24, 2.45) is 0 Å². The van der Waals surface area contributed by atoms with Gasteiger partial charge in [0.05, 0.1) is 13.5 Å². The number of para-hydroxylation sites is 2. The Hall–Kier alpha value is -2.49. The van der Waals surface area contributed by atoms with Crippen LogP contribution in [0.4, 0.5) is 5.69 Å². The fourth-order valence-corrected chi connectivity index (χ4v) is 3.03. The number of carbonyl (C=O) groups excluding carboxylic acids is 1. The maximum atomic E-state index is 12.8. The van der Waals surface area contributed by atoms with Gasteiger partial charge in [0.15, 0.2) is 0 Å². The van der Waals surface area contributed by atoms with Crippen molar-refractivity contribution in [1.29, 1.82) is 0 Å². The maximum absolute atomic E-state index is 12.8. The highest BCUT2D eigenvalue weighted by molar-refractivity contribution is 5.80. The van der Waals surface area contributed by atoms with Gasteiger partial charge < -0.3 is 14.5 Å². The smallest absolute Gasteiger partial charge is 0.227 e. The summed E-state index contributed by atoms with van der Waals surface area (Å²) in [7, 11) is 3.72. The molecule has 2 aromatic rings. The predicted molar refractivity (Wildman–Crippen MR) is 91.8 cm³/mol. The van der Waals surface area contributed by atoms with Gasteiger partial charge in [-0.15, -0.1) is 0 Å². The van der Waals surface area contributed by atoms with Crippen molar-refractivity contribution in [2.75, 3.05) is 32.1 Å². The Morgan fingerprint density at radius 3 is 2.65 bits per heavy atom. The molecule has 0 saturated heterocycles. The lowest BCUT2D eigenvalue weighted by Crippen LogP contribution is -2.35. The summed E-state index contributed by atoms with van der Waals surface area (Å²) in [5.74, 6) is 0.910. The standard InChI is InChI=1S/C19H22N2O2/c1-20-11-12-21(14-16-8-3-5-9-17(16)20)19(22)13-15-7-4-6-10-18(15)23-2/h3-10H,11-14H2,1-2H3. The minimum atomic E-state index is 0.139. The molecule has 0 atom stereocenters. The number of carbonyl (C=O) groups is 1. The van der Waals surface area contributed by atoms with E-state index in [9.17, 15) is 4.79 Å². The van der Waals surface area contributed by atoms with Crippen LogP contribution >= 0.6 is 0 Å². The maximum Gasteiger partial charge on any atom is 0.227 e. The molecule has 3 rings (SSSR count). The average Bonchev–Trinajstić information content (AvgIpc) is 2.75. The van der Waals surface area contributed by atoms with Crippen molar-refractivity contribution in [2.45, 2.75) is 13.0 Å². The number of amides is 1. The van der Waals surface area contributed by atoms with E-state index >= 15 is 0 Å². The zero-order chi connectivity index (χ0) is 16.2. The first-order valence-electron chi connectivity index (χ1n) is 7.87. The van der Waals surface area contributed by atoms with Gasteiger partial charge in [-0.25, -0.2) is 0 Å². The summed E-state index contributed by atoms with van der Waals surface area (Å²) >= 11 is 0. The summed E-state index contributed by atoms with van der Waals surface area (Å²) in [4.78, 5) is 16.9. The molecule has 0 bridgehead atoms. The molecule has 0 saturated carbocycles. The van der Waals surface area contributed by atoms with Crippen molar-refractivity contribution in [3.63, 3.8) is 0 Å². The zero-order valence-corrected chi connectivity index (χ0v) is 13.7. The fraction of sp³-hybridized carbons (Fsp3) is 0.316. The minimum Gasteiger partial charge on any atom is -0.496 e. The minimum absolute atomic E-state index is 0.139. The van der Waals surface area contributed by atoms with Gasteiger partial charge in [-0.3, -0.25) is 4.79 Å². The Morgan fingerprint density at radius 1 is 1.09 bits per heavy atom. The van der Waals surface area contributed by atoms with Gasteiger partial charge in [0.25, 0.3) is 0 Å². The molecule has 0 radical (unpaired) electrons. The van der Waals surface area contributed by atoms with Crippen LogP contribution in [0.3, 0.4) is 0 Å². The molecule has 0 fully saturated rings. The van der Waals surface area contributed by atoms with Crippen LogP contribution in [0, 0.1) is 0 Å². The highest BCUT2D eigenvalue weighted by Gasteiger charge is 2.21. The van der Waals surface area contributed by atoms with E-state index in [1.54, 1.807) is 7.11 Å². The topological polar surface area (TPSA) is 32.8 Å². The largest absolute Gasteiger partial charge is 0.496 e. The van der Waals surface area contributed by atoms with Crippen molar-refractivity contribution < 1.29 is 9.53 Å². The molecule has 23 heavy (non-hydrogen) atoms. The first-order valence-corrected chi connectivity index (χ1v) is 7.87. The van der Waals surface area contributed by atoms with Gasteiger partial charge in [0.2, 0.25) is 5.91 Å². The van der Waals surface area contributed by atoms with Crippen molar-refractivity contribution >= 4 is 11.6 Å². The Morgan fingerprint density at radius 2 is 1.83 bits per heavy atom. The first-order chi connectivity index (χ1) is 11.2. The molecule has 0 spiro atoms. The normalized spacial score (nSPS) is 14.2. The van der Waals surface area contributed by atoms with E-state index in [4.69, 9.17) is 4.74 Å². The van der Waals surface area contributed by atoms with Gasteiger partial charge in [-0.1, -0.05) is 36.4 Å². The number of hydrogen-bond acceptors (Lipinski definition) is 3. The molecule has 4 nitrogen and oxygen atoms in total. The Balaban J connectivity index is 1.78. The second-order valence-corrected chi connectivity index (χ2v) is 5.85. The lowest BCUT2D eigenvalue weighted by Gasteiger charge is -2.21. The van der Waals surface area contributed by atoms with Gasteiger partial charge in [0, 0.05) is 37.9 Å². The van der Waals surface area contributed by atoms with Crippen LogP contribution in [-0.4, -0.2) is 38.1 Å². The number of likely N-dealkylation sites (N-methyl/N-ethyl adjacent to an activating group) is 1. The number of anilines is 1. The summed E-state index contributed by atoms with van der Waals surface area (Å²) < 4.78 is 5.35. The predicted octanol–water partition coefficient (Wildman–Crippen LogP) is 2.72. The zero-order valence-electron chi connectivity index (χ0n) is 13.7. The summed E-state index contributed by atoms with van der Waals surface area (Å²) in [5, 5.41) is 0. The van der Waals surface area contributed by atoms with Crippen molar-refractivity contribution in [1.82, 2.24) is 4.90 Å². The fourth-order valence-electron chi connectivity index (χ4n) is 3.03. The van der Waals surface area contributed by atoms with Gasteiger partial charge in [-0.05, 0) is 17.7 Å². The molecule has 1 heterocycles. The van der Waals surface area contributed by atoms with E-state index in [-0.39, 0.29) is 5.91 Å². The molecular formula is C19H22N2O2. The summed E-state index contributed by atoms with van der Waals surface area (Å²) in [6.45, 7) is 2.24. The van der Waals surface area contributed by atoms with E-state index in [2.05, 4.69) is 24.1 Å². The Labute approximate surface area is 137 Å². The third-order valence-electron chi connectivity index (χ3n) is 4.36. The number of nitrogens with zero attached hydrogens (tertiary/aromatic N) is 2. The van der Waals surface area contributed by atoms with Crippen LogP contribution in [0.1, 0.15) is 11.1 Å². The second-order valence-electron chi connectivity index (χ2n) is 5.85. The van der Waals surface area contributed by atoms with E-state index in [1.165, 1.54) is 11.3 Å². The average molecular weight is 310 g/mol. The first kappa shape index (κ1) is 15.4. The molecule has 0 aromatic heterocycles. The van der Waals surface area contributed by atoms with E-state index in [0.717, 1.165) is 24.4 Å². The molecule has 2 aromatic carbocycles. The summed E-state index contributed by atoms with van der Waals surface area (Å²) in [5.41, 5.74) is 3.34. The molecule has 0 N–H and O–H groups in total. The van der Waals surface area contributed by atoms with E-state index < -0.39 is 0 Å². The third-order valence-corrected chi connectivity index (χ3v) is 4.36. The molecular weight excluding hydrogens is 288 g/mol. The van der Waals surface area contributed by atoms with Gasteiger partial charge in [0.1, 0.15) is 5.75 Å². The van der Waals surface area contributed by atoms with Crippen LogP contribution in [-0.2, 0) is 17.8 Å². The van der Waals surface area contributed by atoms with Crippen LogP contribution < -0.4 is 9.64 Å². The summed E-state index contributed by atoms with van der Waals surface area (Å²) in [6.07, 6.45) is 0.371. The molecule has 1 aliphatic heterocycles. The number of rotatable bonds is 3. The van der Waals surface area contributed by atoms with Gasteiger partial charge >= 0.3 is 0 Å². The van der Waals surface area contributed by atoms with Crippen LogP contribution in [0.2, 0.25) is 0 Å². The Kier molecular flexibility index (Phi) is 4.51. The van der Waals surface area contributed by atoms with Gasteiger partial charge in [-0.2, -0.15) is 0 Å². The highest BCUT2D eigenvalue weighted by atomic mass is 16.5. The van der Waals surface area contributed by atoms with E-state index in [0.29, 0.717) is 13.0 Å². The molecule has 0 unspecified atom stereocenters. The quantitative estimate of drug-likeness (QED) is 0.874. The molecule has 1 amide bonds. The molecule has 120 valence electrons. The number of ether oxygens (including phenoxy) is 1. The highest BCUT2D eigenvalue weighted by Crippen LogP contribution is 2.25. The van der Waals surface area contributed by atoms with Crippen LogP contribution in [0.25, 0.3) is 0 Å². The number of benzene rings is 2. The van der Waals surface area contributed by atoms with Crippen molar-refractivity contribution in [3.8, 4) is 5.75 Å². The van der Waals surface area contributed by atoms with Crippen molar-refractivity contribution in [3.05, 3.63) is 59.7 Å². The Bertz CT molecular complexity index is 699. The van der Waals surface area contributed by atoms with Crippen LogP contribution in [0.5, 0.6) is 5.75 Å². The molecule has 4 heteroatoms. The lowest BCUT2D eigenvalue weighted by molar-refractivity contribution is -0.130. The monoisotopic (exact) mass is 310 g/mol. The van der Waals surface area contributed by atoms with E-state index in [1.807, 2.05) is 41.3 Å². The molecule has 0 aliphatic carbocycles. The summed E-state index contributed by atoms with van der Waals surface area (Å²) in [6, 6.07) is 16.0. The molecule has 1 aliphatic rings. The third kappa shape index (κ3) is 3.31. The number of methoxy groups -OCH3 is 1. The van der Waals surface area contributed by atoms with Crippen LogP contribution in [0.15, 0.2) is 48.5 Å². The lowest BCUT2D eigenvalue weighted by atomic mass is 10.1. The number of hydrogen-bond donors (Lipinski definition) is 0. The SMILES string of the molecule is COc1ccccc1CC(=O)N1CCN(C)c2ccccc2C1.